The molecule has 1 saturated heterocycles. The van der Waals surface area contributed by atoms with Crippen LogP contribution in [0.4, 0.5) is 19.0 Å². The molecule has 8 nitrogen and oxygen atoms in total. The minimum Gasteiger partial charge on any atom is -0.366 e. The summed E-state index contributed by atoms with van der Waals surface area (Å²) in [6.45, 7) is 0.766. The summed E-state index contributed by atoms with van der Waals surface area (Å²) in [4.78, 5) is 36.4. The molecule has 2 amide bonds. The van der Waals surface area contributed by atoms with Gasteiger partial charge in [0.1, 0.15) is 18.3 Å². The predicted octanol–water partition coefficient (Wildman–Crippen LogP) is 3.37. The van der Waals surface area contributed by atoms with Gasteiger partial charge in [-0.1, -0.05) is 0 Å². The highest BCUT2D eigenvalue weighted by Crippen LogP contribution is 2.45. The molecule has 2 aromatic rings. The Morgan fingerprint density at radius 3 is 2.50 bits per heavy atom. The molecule has 2 aromatic heterocycles. The number of nitrogens with two attached hydrogens (primary N) is 1. The topological polar surface area (TPSA) is 116 Å². The van der Waals surface area contributed by atoms with Crippen LogP contribution in [0.2, 0.25) is 0 Å². The third kappa shape index (κ3) is 4.98. The Hall–Kier alpha value is -3.68. The largest absolute Gasteiger partial charge is 0.397 e. The first-order chi connectivity index (χ1) is 17.1. The number of rotatable bonds is 6. The smallest absolute Gasteiger partial charge is 0.366 e. The lowest BCUT2D eigenvalue weighted by molar-refractivity contribution is -0.163. The van der Waals surface area contributed by atoms with Gasteiger partial charge in [-0.15, -0.1) is 0 Å². The highest BCUT2D eigenvalue weighted by atomic mass is 19.4. The molecule has 0 spiro atoms. The zero-order valence-corrected chi connectivity index (χ0v) is 19.5. The number of nitriles is 1. The molecule has 5 rings (SSSR count). The van der Waals surface area contributed by atoms with Crippen molar-refractivity contribution in [3.63, 3.8) is 0 Å². The number of carbonyl (C=O) groups excluding carboxylic acids is 2. The Balaban J connectivity index is 1.47. The molecule has 2 N–H and O–H groups in total. The quantitative estimate of drug-likeness (QED) is 0.653. The van der Waals surface area contributed by atoms with Gasteiger partial charge in [0.15, 0.2) is 0 Å². The summed E-state index contributed by atoms with van der Waals surface area (Å²) in [5.74, 6) is -0.663. The Morgan fingerprint density at radius 1 is 1.14 bits per heavy atom. The average molecular weight is 499 g/mol. The standard InChI is InChI=1S/C25H25F3N6O2/c26-25(27,28)9-21(35)34-6-5-33(13-20(34)14-1-2-14)24-16(10-29)8-19(22(32-24)15-3-4-15)17-7-18(23(30)36)12-31-11-17/h7-8,11-12,14-15,20H,1-6,9,13H2,(H2,30,36)/t20-/m0/s1. The fraction of sp³-hybridized carbons (Fsp3) is 0.480. The second-order valence-electron chi connectivity index (χ2n) is 9.73. The van der Waals surface area contributed by atoms with Crippen molar-refractivity contribution in [3.05, 3.63) is 41.3 Å². The van der Waals surface area contributed by atoms with Crippen molar-refractivity contribution in [2.75, 3.05) is 24.5 Å². The van der Waals surface area contributed by atoms with Crippen molar-refractivity contribution in [1.29, 1.82) is 5.26 Å². The van der Waals surface area contributed by atoms with Gasteiger partial charge >= 0.3 is 6.18 Å². The number of anilines is 1. The summed E-state index contributed by atoms with van der Waals surface area (Å²) in [7, 11) is 0. The number of aromatic nitrogens is 2. The fourth-order valence-corrected chi connectivity index (χ4v) is 4.93. The first-order valence-corrected chi connectivity index (χ1v) is 12.0. The normalized spacial score (nSPS) is 20.2. The molecule has 188 valence electrons. The van der Waals surface area contributed by atoms with Gasteiger partial charge < -0.3 is 15.5 Å². The number of hydrogen-bond donors (Lipinski definition) is 1. The van der Waals surface area contributed by atoms with Gasteiger partial charge in [0.05, 0.1) is 22.9 Å². The first-order valence-electron chi connectivity index (χ1n) is 12.0. The number of pyridine rings is 2. The number of nitrogens with zero attached hydrogens (tertiary/aromatic N) is 5. The highest BCUT2D eigenvalue weighted by molar-refractivity contribution is 5.93. The van der Waals surface area contributed by atoms with E-state index in [1.165, 1.54) is 11.1 Å². The van der Waals surface area contributed by atoms with Crippen LogP contribution >= 0.6 is 0 Å². The summed E-state index contributed by atoms with van der Waals surface area (Å²) < 4.78 is 38.7. The van der Waals surface area contributed by atoms with E-state index < -0.39 is 24.4 Å². The zero-order chi connectivity index (χ0) is 25.6. The number of halogens is 3. The first kappa shape index (κ1) is 24.0. The lowest BCUT2D eigenvalue weighted by Gasteiger charge is -2.42. The molecule has 3 aliphatic rings. The van der Waals surface area contributed by atoms with E-state index >= 15 is 0 Å². The minimum atomic E-state index is -4.55. The summed E-state index contributed by atoms with van der Waals surface area (Å²) in [6, 6.07) is 5.23. The van der Waals surface area contributed by atoms with E-state index in [1.807, 2.05) is 4.90 Å². The van der Waals surface area contributed by atoms with Crippen molar-refractivity contribution < 1.29 is 22.8 Å². The van der Waals surface area contributed by atoms with Crippen LogP contribution in [-0.4, -0.2) is 58.5 Å². The fourth-order valence-electron chi connectivity index (χ4n) is 4.93. The molecule has 1 aliphatic heterocycles. The van der Waals surface area contributed by atoms with Crippen molar-refractivity contribution in [3.8, 4) is 17.2 Å². The van der Waals surface area contributed by atoms with Crippen molar-refractivity contribution in [2.45, 2.75) is 50.2 Å². The molecule has 1 atom stereocenters. The van der Waals surface area contributed by atoms with E-state index in [0.29, 0.717) is 29.1 Å². The van der Waals surface area contributed by atoms with E-state index in [-0.39, 0.29) is 36.5 Å². The number of primary amides is 1. The molecule has 0 bridgehead atoms. The summed E-state index contributed by atoms with van der Waals surface area (Å²) in [5.41, 5.74) is 8.14. The maximum absolute atomic E-state index is 12.9. The average Bonchev–Trinajstić information content (AvgIpc) is 3.75. The van der Waals surface area contributed by atoms with Gasteiger partial charge in [-0.3, -0.25) is 14.6 Å². The highest BCUT2D eigenvalue weighted by Gasteiger charge is 2.44. The maximum Gasteiger partial charge on any atom is 0.397 e. The van der Waals surface area contributed by atoms with Crippen LogP contribution in [0, 0.1) is 17.2 Å². The molecule has 0 unspecified atom stereocenters. The van der Waals surface area contributed by atoms with E-state index in [1.54, 1.807) is 18.3 Å². The molecule has 3 fully saturated rings. The van der Waals surface area contributed by atoms with E-state index in [4.69, 9.17) is 10.7 Å². The van der Waals surface area contributed by atoms with Gasteiger partial charge in [0.2, 0.25) is 11.8 Å². The van der Waals surface area contributed by atoms with Crippen LogP contribution in [0.25, 0.3) is 11.1 Å². The van der Waals surface area contributed by atoms with E-state index in [9.17, 15) is 28.0 Å². The molecule has 2 saturated carbocycles. The Bertz CT molecular complexity index is 1250. The molecule has 0 radical (unpaired) electrons. The molecule has 11 heteroatoms. The van der Waals surface area contributed by atoms with Gasteiger partial charge in [-0.2, -0.15) is 18.4 Å². The van der Waals surface area contributed by atoms with Crippen molar-refractivity contribution in [1.82, 2.24) is 14.9 Å². The summed E-state index contributed by atoms with van der Waals surface area (Å²) in [5, 5.41) is 9.97. The van der Waals surface area contributed by atoms with Crippen molar-refractivity contribution >= 4 is 17.6 Å². The Morgan fingerprint density at radius 2 is 1.89 bits per heavy atom. The maximum atomic E-state index is 12.9. The molecule has 3 heterocycles. The van der Waals surface area contributed by atoms with Gasteiger partial charge in [0.25, 0.3) is 0 Å². The molecule has 36 heavy (non-hydrogen) atoms. The Labute approximate surface area is 205 Å². The van der Waals surface area contributed by atoms with Crippen LogP contribution < -0.4 is 10.6 Å². The van der Waals surface area contributed by atoms with Crippen LogP contribution in [0.1, 0.15) is 59.6 Å². The summed E-state index contributed by atoms with van der Waals surface area (Å²) in [6.07, 6.45) is 0.587. The monoisotopic (exact) mass is 498 g/mol. The molecule has 0 aromatic carbocycles. The lowest BCUT2D eigenvalue weighted by atomic mass is 9.98. The second-order valence-corrected chi connectivity index (χ2v) is 9.73. The number of carbonyl (C=O) groups is 2. The number of alkyl halides is 3. The Kier molecular flexibility index (Phi) is 6.06. The minimum absolute atomic E-state index is 0.147. The van der Waals surface area contributed by atoms with Crippen LogP contribution in [0.3, 0.4) is 0 Å². The zero-order valence-electron chi connectivity index (χ0n) is 19.5. The third-order valence-electron chi connectivity index (χ3n) is 7.01. The SMILES string of the molecule is N#Cc1cc(-c2cncc(C(N)=O)c2)c(C2CC2)nc1N1CCN(C(=O)CC(F)(F)F)[C@H](C2CC2)C1. The van der Waals surface area contributed by atoms with E-state index in [2.05, 4.69) is 11.1 Å². The lowest BCUT2D eigenvalue weighted by Crippen LogP contribution is -2.57. The molecular weight excluding hydrogens is 473 g/mol. The number of piperazine rings is 1. The van der Waals surface area contributed by atoms with Crippen LogP contribution in [0.15, 0.2) is 24.5 Å². The number of amides is 2. The van der Waals surface area contributed by atoms with Crippen LogP contribution in [0.5, 0.6) is 0 Å². The third-order valence-corrected chi connectivity index (χ3v) is 7.01. The van der Waals surface area contributed by atoms with E-state index in [0.717, 1.165) is 31.4 Å². The summed E-state index contributed by atoms with van der Waals surface area (Å²) >= 11 is 0. The van der Waals surface area contributed by atoms with Crippen LogP contribution in [-0.2, 0) is 4.79 Å². The van der Waals surface area contributed by atoms with Gasteiger partial charge in [-0.05, 0) is 43.7 Å². The van der Waals surface area contributed by atoms with Crippen molar-refractivity contribution in [2.24, 2.45) is 11.7 Å². The number of hydrogen-bond acceptors (Lipinski definition) is 6. The van der Waals surface area contributed by atoms with Gasteiger partial charge in [-0.25, -0.2) is 4.98 Å². The molecular formula is C25H25F3N6O2. The molecule has 2 aliphatic carbocycles. The predicted molar refractivity (Wildman–Crippen MR) is 124 cm³/mol. The second kappa shape index (κ2) is 9.08. The van der Waals surface area contributed by atoms with Gasteiger partial charge in [0, 0.05) is 49.1 Å².